The molecule has 0 radical (unpaired) electrons. The molecule has 1 aliphatic rings. The van der Waals surface area contributed by atoms with Crippen LogP contribution < -0.4 is 0 Å². The third-order valence-electron chi connectivity index (χ3n) is 5.73. The molecule has 0 saturated carbocycles. The first kappa shape index (κ1) is 25.5. The molecule has 0 saturated heterocycles. The lowest BCUT2D eigenvalue weighted by molar-refractivity contribution is 0.0519. The quantitative estimate of drug-likeness (QED) is 0.471. The molecule has 0 aliphatic heterocycles. The summed E-state index contributed by atoms with van der Waals surface area (Å²) < 4.78 is 9.60. The summed E-state index contributed by atoms with van der Waals surface area (Å²) in [5.74, 6) is 5.75. The van der Waals surface area contributed by atoms with Gasteiger partial charge in [0, 0.05) is 19.3 Å². The van der Waals surface area contributed by atoms with Gasteiger partial charge in [-0.25, -0.2) is 14.8 Å². The molecule has 0 spiro atoms. The van der Waals surface area contributed by atoms with Gasteiger partial charge < -0.3 is 9.47 Å². The number of esters is 1. The lowest BCUT2D eigenvalue weighted by Crippen LogP contribution is -2.33. The summed E-state index contributed by atoms with van der Waals surface area (Å²) in [6.45, 7) is 14.3. The SMILES string of the molecule is CCCOC.CCOC(=O)c1cnc(C#Cc2ccc3c(c2)C(C)(C)CCC3(C)C)cn1. The van der Waals surface area contributed by atoms with Crippen LogP contribution in [0.4, 0.5) is 0 Å². The molecule has 1 heterocycles. The Balaban J connectivity index is 0.000000654. The molecule has 1 aliphatic carbocycles. The summed E-state index contributed by atoms with van der Waals surface area (Å²) in [6, 6.07) is 6.51. The number of carbonyl (C=O) groups is 1. The number of carbonyl (C=O) groups excluding carboxylic acids is 1. The lowest BCUT2D eigenvalue weighted by Gasteiger charge is -2.41. The van der Waals surface area contributed by atoms with E-state index in [0.29, 0.717) is 12.3 Å². The average molecular weight is 437 g/mol. The highest BCUT2D eigenvalue weighted by molar-refractivity contribution is 5.86. The molecule has 3 rings (SSSR count). The molecule has 172 valence electrons. The maximum Gasteiger partial charge on any atom is 0.358 e. The minimum absolute atomic E-state index is 0.156. The van der Waals surface area contributed by atoms with Crippen LogP contribution in [0.3, 0.4) is 0 Å². The first-order chi connectivity index (χ1) is 15.1. The molecular weight excluding hydrogens is 400 g/mol. The lowest BCUT2D eigenvalue weighted by atomic mass is 9.63. The van der Waals surface area contributed by atoms with Crippen molar-refractivity contribution in [2.75, 3.05) is 20.3 Å². The average Bonchev–Trinajstić information content (AvgIpc) is 2.77. The number of hydrogen-bond acceptors (Lipinski definition) is 5. The smallest absolute Gasteiger partial charge is 0.358 e. The number of methoxy groups -OCH3 is 1. The second kappa shape index (κ2) is 11.2. The van der Waals surface area contributed by atoms with E-state index < -0.39 is 5.97 Å². The molecule has 0 N–H and O–H groups in total. The van der Waals surface area contributed by atoms with E-state index in [-0.39, 0.29) is 16.5 Å². The van der Waals surface area contributed by atoms with Gasteiger partial charge in [-0.2, -0.15) is 0 Å². The summed E-state index contributed by atoms with van der Waals surface area (Å²) in [5.41, 5.74) is 4.85. The van der Waals surface area contributed by atoms with Crippen molar-refractivity contribution in [3.63, 3.8) is 0 Å². The van der Waals surface area contributed by atoms with Gasteiger partial charge in [0.1, 0.15) is 5.69 Å². The number of fused-ring (bicyclic) bond motifs is 1. The minimum Gasteiger partial charge on any atom is -0.461 e. The van der Waals surface area contributed by atoms with Gasteiger partial charge >= 0.3 is 5.97 Å². The summed E-state index contributed by atoms with van der Waals surface area (Å²) in [4.78, 5) is 19.9. The summed E-state index contributed by atoms with van der Waals surface area (Å²) in [5, 5.41) is 0. The molecular formula is C27H36N2O3. The van der Waals surface area contributed by atoms with Crippen molar-refractivity contribution in [2.24, 2.45) is 0 Å². The molecule has 0 amide bonds. The molecule has 5 nitrogen and oxygen atoms in total. The maximum absolute atomic E-state index is 11.6. The van der Waals surface area contributed by atoms with E-state index in [2.05, 4.69) is 74.6 Å². The highest BCUT2D eigenvalue weighted by Crippen LogP contribution is 2.45. The van der Waals surface area contributed by atoms with Crippen LogP contribution in [0.5, 0.6) is 0 Å². The van der Waals surface area contributed by atoms with Crippen LogP contribution in [0.15, 0.2) is 30.6 Å². The van der Waals surface area contributed by atoms with E-state index >= 15 is 0 Å². The van der Waals surface area contributed by atoms with E-state index in [1.807, 2.05) is 0 Å². The number of benzene rings is 1. The summed E-state index contributed by atoms with van der Waals surface area (Å²) >= 11 is 0. The molecule has 0 fully saturated rings. The molecule has 32 heavy (non-hydrogen) atoms. The Morgan fingerprint density at radius 3 is 2.22 bits per heavy atom. The predicted molar refractivity (Wildman–Crippen MR) is 128 cm³/mol. The topological polar surface area (TPSA) is 61.3 Å². The zero-order valence-corrected chi connectivity index (χ0v) is 20.5. The fourth-order valence-electron chi connectivity index (χ4n) is 3.71. The van der Waals surface area contributed by atoms with Crippen molar-refractivity contribution in [3.8, 4) is 11.8 Å². The van der Waals surface area contributed by atoms with Crippen molar-refractivity contribution in [1.82, 2.24) is 9.97 Å². The zero-order valence-electron chi connectivity index (χ0n) is 20.5. The minimum atomic E-state index is -0.468. The van der Waals surface area contributed by atoms with Crippen LogP contribution >= 0.6 is 0 Å². The van der Waals surface area contributed by atoms with E-state index in [9.17, 15) is 4.79 Å². The Kier molecular flexibility index (Phi) is 8.98. The fraction of sp³-hybridized carbons (Fsp3) is 0.519. The van der Waals surface area contributed by atoms with Crippen molar-refractivity contribution >= 4 is 5.97 Å². The fourth-order valence-corrected chi connectivity index (χ4v) is 3.71. The summed E-state index contributed by atoms with van der Waals surface area (Å²) in [6.07, 6.45) is 6.40. The van der Waals surface area contributed by atoms with Crippen LogP contribution in [-0.4, -0.2) is 36.3 Å². The number of nitrogens with zero attached hydrogens (tertiary/aromatic N) is 2. The molecule has 2 aromatic rings. The van der Waals surface area contributed by atoms with Crippen LogP contribution in [0, 0.1) is 11.8 Å². The standard InChI is InChI=1S/C23H26N2O2.C4H10O/c1-6-27-21(26)20-15-24-17(14-25-20)9-7-16-8-10-18-19(13-16)23(4,5)12-11-22(18,2)3;1-3-4-5-2/h8,10,13-15H,6,11-12H2,1-5H3;3-4H2,1-2H3. The number of aromatic nitrogens is 2. The zero-order chi connectivity index (χ0) is 23.8. The molecule has 0 unspecified atom stereocenters. The van der Waals surface area contributed by atoms with Crippen LogP contribution in [0.25, 0.3) is 0 Å². The van der Waals surface area contributed by atoms with Crippen LogP contribution in [-0.2, 0) is 20.3 Å². The third kappa shape index (κ3) is 6.64. The van der Waals surface area contributed by atoms with Crippen molar-refractivity contribution in [1.29, 1.82) is 0 Å². The Labute approximate surface area is 193 Å². The van der Waals surface area contributed by atoms with Crippen LogP contribution in [0.2, 0.25) is 0 Å². The highest BCUT2D eigenvalue weighted by atomic mass is 16.5. The number of hydrogen-bond donors (Lipinski definition) is 0. The van der Waals surface area contributed by atoms with Gasteiger partial charge in [-0.3, -0.25) is 0 Å². The van der Waals surface area contributed by atoms with E-state index in [4.69, 9.17) is 9.47 Å². The summed E-state index contributed by atoms with van der Waals surface area (Å²) in [7, 11) is 1.71. The van der Waals surface area contributed by atoms with Gasteiger partial charge in [-0.1, -0.05) is 46.6 Å². The van der Waals surface area contributed by atoms with Crippen molar-refractivity contribution in [2.45, 2.75) is 71.6 Å². The first-order valence-electron chi connectivity index (χ1n) is 11.3. The second-order valence-electron chi connectivity index (χ2n) is 9.28. The largest absolute Gasteiger partial charge is 0.461 e. The normalized spacial score (nSPS) is 15.3. The molecule has 1 aromatic heterocycles. The second-order valence-corrected chi connectivity index (χ2v) is 9.28. The number of ether oxygens (including phenoxy) is 2. The Morgan fingerprint density at radius 1 is 1.00 bits per heavy atom. The Morgan fingerprint density at radius 2 is 1.69 bits per heavy atom. The Hall–Kier alpha value is -2.71. The molecule has 0 atom stereocenters. The van der Waals surface area contributed by atoms with Gasteiger partial charge in [-0.15, -0.1) is 0 Å². The van der Waals surface area contributed by atoms with E-state index in [1.54, 1.807) is 14.0 Å². The molecule has 0 bridgehead atoms. The maximum atomic E-state index is 11.6. The molecule has 1 aromatic carbocycles. The van der Waals surface area contributed by atoms with Crippen molar-refractivity contribution < 1.29 is 14.3 Å². The predicted octanol–water partition coefficient (Wildman–Crippen LogP) is 5.44. The monoisotopic (exact) mass is 436 g/mol. The van der Waals surface area contributed by atoms with Gasteiger partial charge in [0.15, 0.2) is 5.69 Å². The van der Waals surface area contributed by atoms with Gasteiger partial charge in [0.2, 0.25) is 0 Å². The first-order valence-corrected chi connectivity index (χ1v) is 11.3. The highest BCUT2D eigenvalue weighted by Gasteiger charge is 2.36. The van der Waals surface area contributed by atoms with Crippen LogP contribution in [0.1, 0.15) is 93.7 Å². The molecule has 5 heteroatoms. The van der Waals surface area contributed by atoms with Crippen molar-refractivity contribution in [3.05, 3.63) is 58.7 Å². The van der Waals surface area contributed by atoms with Gasteiger partial charge in [0.05, 0.1) is 19.0 Å². The van der Waals surface area contributed by atoms with E-state index in [1.165, 1.54) is 36.4 Å². The third-order valence-corrected chi connectivity index (χ3v) is 5.73. The van der Waals surface area contributed by atoms with Gasteiger partial charge in [0.25, 0.3) is 0 Å². The number of rotatable bonds is 4. The van der Waals surface area contributed by atoms with E-state index in [0.717, 1.165) is 18.6 Å². The van der Waals surface area contributed by atoms with Gasteiger partial charge in [-0.05, 0) is 66.2 Å². The Bertz CT molecular complexity index is 965.